The Morgan fingerprint density at radius 2 is 1.92 bits per heavy atom. The molecule has 0 aromatic heterocycles. The maximum Gasteiger partial charge on any atom is 0.414 e. The van der Waals surface area contributed by atoms with E-state index in [9.17, 15) is 24.1 Å². The van der Waals surface area contributed by atoms with E-state index in [2.05, 4.69) is 4.74 Å². The molecule has 1 aromatic rings. The number of hydrogen-bond donors (Lipinski definition) is 0. The summed E-state index contributed by atoms with van der Waals surface area (Å²) < 4.78 is 28.9. The second-order valence-corrected chi connectivity index (χ2v) is 6.16. The zero-order valence-electron chi connectivity index (χ0n) is 15.2. The van der Waals surface area contributed by atoms with Gasteiger partial charge in [0.25, 0.3) is 5.69 Å². The van der Waals surface area contributed by atoms with Crippen molar-refractivity contribution in [2.24, 2.45) is 0 Å². The van der Waals surface area contributed by atoms with Gasteiger partial charge in [-0.05, 0) is 27.7 Å². The van der Waals surface area contributed by atoms with Crippen molar-refractivity contribution in [2.45, 2.75) is 33.3 Å². The van der Waals surface area contributed by atoms with E-state index in [4.69, 9.17) is 9.47 Å². The zero-order chi connectivity index (χ0) is 20.1. The van der Waals surface area contributed by atoms with E-state index in [-0.39, 0.29) is 12.3 Å². The van der Waals surface area contributed by atoms with Gasteiger partial charge in [-0.1, -0.05) is 0 Å². The Morgan fingerprint density at radius 1 is 1.31 bits per heavy atom. The Bertz CT molecular complexity index is 701. The Labute approximate surface area is 149 Å². The summed E-state index contributed by atoms with van der Waals surface area (Å²) in [6.45, 7) is 5.97. The van der Waals surface area contributed by atoms with Gasteiger partial charge in [-0.15, -0.1) is 0 Å². The summed E-state index contributed by atoms with van der Waals surface area (Å²) in [5, 5.41) is 11.3. The first-order valence-corrected chi connectivity index (χ1v) is 7.69. The van der Waals surface area contributed by atoms with Crippen LogP contribution in [0.4, 0.5) is 20.6 Å². The molecule has 0 spiro atoms. The standard InChI is InChI=1S/C16H21FN2O7/c1-6-24-14(20)9-25-13-8-12(19(22)23)11(7-10(13)17)18(5)15(21)26-16(2,3)4/h7-8H,6,9H2,1-5H3. The van der Waals surface area contributed by atoms with Gasteiger partial charge in [-0.2, -0.15) is 0 Å². The Kier molecular flexibility index (Phi) is 6.87. The van der Waals surface area contributed by atoms with Crippen LogP contribution in [0, 0.1) is 15.9 Å². The minimum atomic E-state index is -0.981. The van der Waals surface area contributed by atoms with Crippen LogP contribution in [-0.2, 0) is 14.3 Å². The molecule has 10 heteroatoms. The largest absolute Gasteiger partial charge is 0.479 e. The smallest absolute Gasteiger partial charge is 0.414 e. The Morgan fingerprint density at radius 3 is 2.42 bits per heavy atom. The molecule has 0 atom stereocenters. The topological polar surface area (TPSA) is 108 Å². The molecule has 144 valence electrons. The molecule has 0 aliphatic rings. The highest BCUT2D eigenvalue weighted by molar-refractivity contribution is 5.90. The lowest BCUT2D eigenvalue weighted by Crippen LogP contribution is -2.34. The first-order valence-electron chi connectivity index (χ1n) is 7.69. The normalized spacial score (nSPS) is 10.8. The van der Waals surface area contributed by atoms with Crippen molar-refractivity contribution < 1.29 is 33.1 Å². The number of rotatable bonds is 6. The number of hydrogen-bond acceptors (Lipinski definition) is 7. The molecule has 0 N–H and O–H groups in total. The number of benzene rings is 1. The molecule has 0 aliphatic heterocycles. The lowest BCUT2D eigenvalue weighted by molar-refractivity contribution is -0.384. The third kappa shape index (κ3) is 5.87. The first-order chi connectivity index (χ1) is 12.0. The molecule has 0 radical (unpaired) electrons. The molecule has 9 nitrogen and oxygen atoms in total. The molecule has 0 aliphatic carbocycles. The van der Waals surface area contributed by atoms with Crippen LogP contribution in [0.2, 0.25) is 0 Å². The van der Waals surface area contributed by atoms with Gasteiger partial charge in [0.1, 0.15) is 11.3 Å². The predicted molar refractivity (Wildman–Crippen MR) is 89.8 cm³/mol. The van der Waals surface area contributed by atoms with E-state index in [0.717, 1.165) is 17.0 Å². The number of carbonyl (C=O) groups excluding carboxylic acids is 2. The summed E-state index contributed by atoms with van der Waals surface area (Å²) in [4.78, 5) is 34.7. The number of ether oxygens (including phenoxy) is 3. The molecule has 0 fully saturated rings. The highest BCUT2D eigenvalue weighted by Gasteiger charge is 2.28. The Balaban J connectivity index is 3.14. The summed E-state index contributed by atoms with van der Waals surface area (Å²) in [5.41, 5.74) is -1.73. The van der Waals surface area contributed by atoms with Crippen molar-refractivity contribution in [1.82, 2.24) is 0 Å². The minimum Gasteiger partial charge on any atom is -0.479 e. The number of nitro groups is 1. The highest BCUT2D eigenvalue weighted by atomic mass is 19.1. The summed E-state index contributed by atoms with van der Waals surface area (Å²) in [6.07, 6.45) is -0.889. The summed E-state index contributed by atoms with van der Waals surface area (Å²) in [5.74, 6) is -2.24. The van der Waals surface area contributed by atoms with Crippen molar-refractivity contribution in [1.29, 1.82) is 0 Å². The fourth-order valence-corrected chi connectivity index (χ4v) is 1.83. The zero-order valence-corrected chi connectivity index (χ0v) is 15.2. The number of halogens is 1. The number of carbonyl (C=O) groups is 2. The van der Waals surface area contributed by atoms with Crippen molar-refractivity contribution in [2.75, 3.05) is 25.2 Å². The van der Waals surface area contributed by atoms with Crippen molar-refractivity contribution in [3.63, 3.8) is 0 Å². The van der Waals surface area contributed by atoms with Gasteiger partial charge in [0.15, 0.2) is 18.2 Å². The summed E-state index contributed by atoms with van der Waals surface area (Å²) in [7, 11) is 1.22. The van der Waals surface area contributed by atoms with Crippen LogP contribution in [0.1, 0.15) is 27.7 Å². The van der Waals surface area contributed by atoms with E-state index >= 15 is 0 Å². The lowest BCUT2D eigenvalue weighted by atomic mass is 10.2. The molecular weight excluding hydrogens is 351 g/mol. The maximum atomic E-state index is 14.2. The average molecular weight is 372 g/mol. The van der Waals surface area contributed by atoms with E-state index in [0.29, 0.717) is 0 Å². The van der Waals surface area contributed by atoms with Crippen molar-refractivity contribution in [3.05, 3.63) is 28.1 Å². The van der Waals surface area contributed by atoms with Gasteiger partial charge in [-0.25, -0.2) is 14.0 Å². The first kappa shape index (κ1) is 21.1. The second-order valence-electron chi connectivity index (χ2n) is 6.16. The number of nitrogens with zero attached hydrogens (tertiary/aromatic N) is 2. The highest BCUT2D eigenvalue weighted by Crippen LogP contribution is 2.34. The number of amides is 1. The molecule has 0 bridgehead atoms. The SMILES string of the molecule is CCOC(=O)COc1cc([N+](=O)[O-])c(N(C)C(=O)OC(C)(C)C)cc1F. The second kappa shape index (κ2) is 8.45. The molecule has 0 saturated carbocycles. The van der Waals surface area contributed by atoms with E-state index in [1.165, 1.54) is 7.05 Å². The van der Waals surface area contributed by atoms with Crippen LogP contribution in [0.3, 0.4) is 0 Å². The van der Waals surface area contributed by atoms with Gasteiger partial charge in [0, 0.05) is 13.1 Å². The van der Waals surface area contributed by atoms with Crippen LogP contribution in [0.25, 0.3) is 0 Å². The van der Waals surface area contributed by atoms with Gasteiger partial charge >= 0.3 is 12.1 Å². The monoisotopic (exact) mass is 372 g/mol. The molecule has 0 saturated heterocycles. The summed E-state index contributed by atoms with van der Waals surface area (Å²) in [6, 6.07) is 1.56. The fraction of sp³-hybridized carbons (Fsp3) is 0.500. The molecule has 1 aromatic carbocycles. The number of nitro benzene ring substituents is 1. The predicted octanol–water partition coefficient (Wildman–Crippen LogP) is 3.05. The third-order valence-electron chi connectivity index (χ3n) is 2.91. The molecule has 0 heterocycles. The van der Waals surface area contributed by atoms with Crippen LogP contribution in [-0.4, -0.2) is 42.8 Å². The molecule has 1 rings (SSSR count). The third-order valence-corrected chi connectivity index (χ3v) is 2.91. The number of esters is 1. The van der Waals surface area contributed by atoms with E-state index in [1.54, 1.807) is 27.7 Å². The van der Waals surface area contributed by atoms with Crippen LogP contribution in [0.15, 0.2) is 12.1 Å². The minimum absolute atomic E-state index is 0.116. The van der Waals surface area contributed by atoms with Gasteiger partial charge < -0.3 is 14.2 Å². The van der Waals surface area contributed by atoms with Gasteiger partial charge in [-0.3, -0.25) is 15.0 Å². The van der Waals surface area contributed by atoms with E-state index < -0.39 is 46.4 Å². The Hall–Kier alpha value is -2.91. The van der Waals surface area contributed by atoms with Gasteiger partial charge in [0.05, 0.1) is 17.6 Å². The van der Waals surface area contributed by atoms with Crippen LogP contribution in [0.5, 0.6) is 5.75 Å². The molecule has 1 amide bonds. The van der Waals surface area contributed by atoms with Crippen LogP contribution < -0.4 is 9.64 Å². The molecule has 26 heavy (non-hydrogen) atoms. The van der Waals surface area contributed by atoms with E-state index in [1.807, 2.05) is 0 Å². The van der Waals surface area contributed by atoms with Gasteiger partial charge in [0.2, 0.25) is 0 Å². The van der Waals surface area contributed by atoms with Crippen molar-refractivity contribution >= 4 is 23.4 Å². The molecular formula is C16H21FN2O7. The quantitative estimate of drug-likeness (QED) is 0.429. The fourth-order valence-electron chi connectivity index (χ4n) is 1.83. The number of anilines is 1. The lowest BCUT2D eigenvalue weighted by Gasteiger charge is -2.24. The average Bonchev–Trinajstić information content (AvgIpc) is 2.51. The maximum absolute atomic E-state index is 14.2. The summed E-state index contributed by atoms with van der Waals surface area (Å²) >= 11 is 0. The van der Waals surface area contributed by atoms with Crippen molar-refractivity contribution in [3.8, 4) is 5.75 Å². The van der Waals surface area contributed by atoms with Crippen LogP contribution >= 0.6 is 0 Å². The molecule has 0 unspecified atom stereocenters.